The van der Waals surface area contributed by atoms with E-state index in [0.29, 0.717) is 18.0 Å². The predicted octanol–water partition coefficient (Wildman–Crippen LogP) is 3.54. The first-order chi connectivity index (χ1) is 13.2. The van der Waals surface area contributed by atoms with E-state index in [4.69, 9.17) is 4.52 Å². The van der Waals surface area contributed by atoms with Crippen LogP contribution in [-0.4, -0.2) is 25.8 Å². The van der Waals surface area contributed by atoms with Gasteiger partial charge in [-0.1, -0.05) is 47.1 Å². The number of amides is 1. The summed E-state index contributed by atoms with van der Waals surface area (Å²) in [6.45, 7) is 2.59. The third-order valence-electron chi connectivity index (χ3n) is 4.07. The number of anilines is 1. The Labute approximate surface area is 155 Å². The van der Waals surface area contributed by atoms with Crippen LogP contribution < -0.4 is 5.32 Å². The highest BCUT2D eigenvalue weighted by Gasteiger charge is 2.14. The van der Waals surface area contributed by atoms with Gasteiger partial charge in [0.05, 0.1) is 6.54 Å². The highest BCUT2D eigenvalue weighted by atomic mass is 16.5. The quantitative estimate of drug-likeness (QED) is 0.589. The van der Waals surface area contributed by atoms with Crippen molar-refractivity contribution in [1.29, 1.82) is 0 Å². The van der Waals surface area contributed by atoms with E-state index < -0.39 is 0 Å². The first kappa shape index (κ1) is 16.7. The number of aromatic nitrogens is 4. The summed E-state index contributed by atoms with van der Waals surface area (Å²) in [7, 11) is 0. The summed E-state index contributed by atoms with van der Waals surface area (Å²) in [6, 6.07) is 17.0. The fraction of sp³-hybridized carbons (Fsp3) is 0.100. The Kier molecular flexibility index (Phi) is 4.49. The zero-order chi connectivity index (χ0) is 18.6. The van der Waals surface area contributed by atoms with E-state index in [-0.39, 0.29) is 11.6 Å². The number of aryl methyl sites for hydroxylation is 1. The van der Waals surface area contributed by atoms with Crippen molar-refractivity contribution in [3.63, 3.8) is 0 Å². The molecule has 2 heterocycles. The molecule has 2 aromatic carbocycles. The van der Waals surface area contributed by atoms with Gasteiger partial charge in [-0.05, 0) is 24.6 Å². The summed E-state index contributed by atoms with van der Waals surface area (Å²) in [6.07, 6.45) is 3.13. The number of hydrogen-bond acceptors (Lipinski definition) is 5. The minimum atomic E-state index is -0.324. The van der Waals surface area contributed by atoms with E-state index in [1.54, 1.807) is 17.1 Å². The average Bonchev–Trinajstić information content (AvgIpc) is 3.35. The molecular weight excluding hydrogens is 342 g/mol. The van der Waals surface area contributed by atoms with Crippen molar-refractivity contribution < 1.29 is 9.32 Å². The van der Waals surface area contributed by atoms with Crippen LogP contribution in [0.1, 0.15) is 21.6 Å². The number of hydrogen-bond donors (Lipinski definition) is 1. The van der Waals surface area contributed by atoms with Crippen LogP contribution in [0.25, 0.3) is 11.3 Å². The summed E-state index contributed by atoms with van der Waals surface area (Å²) in [5.74, 6) is 0.232. The van der Waals surface area contributed by atoms with Crippen LogP contribution in [0.2, 0.25) is 0 Å². The van der Waals surface area contributed by atoms with Gasteiger partial charge in [0.25, 0.3) is 5.91 Å². The van der Waals surface area contributed by atoms with Crippen molar-refractivity contribution in [3.8, 4) is 11.3 Å². The third-order valence-corrected chi connectivity index (χ3v) is 4.07. The molecule has 0 fully saturated rings. The minimum Gasteiger partial charge on any atom is -0.355 e. The van der Waals surface area contributed by atoms with Gasteiger partial charge < -0.3 is 9.84 Å². The molecule has 0 aliphatic rings. The fourth-order valence-corrected chi connectivity index (χ4v) is 2.68. The molecule has 7 heteroatoms. The van der Waals surface area contributed by atoms with Gasteiger partial charge in [0, 0.05) is 17.3 Å². The van der Waals surface area contributed by atoms with E-state index in [1.165, 1.54) is 6.33 Å². The van der Waals surface area contributed by atoms with Gasteiger partial charge >= 0.3 is 0 Å². The molecule has 0 atom stereocenters. The lowest BCUT2D eigenvalue weighted by molar-refractivity contribution is 0.101. The molecule has 27 heavy (non-hydrogen) atoms. The fourth-order valence-electron chi connectivity index (χ4n) is 2.68. The number of carbonyl (C=O) groups is 1. The molecule has 1 amide bonds. The number of nitrogens with one attached hydrogen (secondary N) is 1. The standard InChI is InChI=1S/C20H17N5O2/c1-14-5-7-16(8-6-14)19-10-18(24-27-19)20(26)23-17-4-2-3-15(9-17)11-25-13-21-12-22-25/h2-10,12-13H,11H2,1H3,(H,23,26). The lowest BCUT2D eigenvalue weighted by atomic mass is 10.1. The molecule has 134 valence electrons. The van der Waals surface area contributed by atoms with Crippen molar-refractivity contribution in [3.05, 3.63) is 84.1 Å². The molecule has 0 spiro atoms. The number of rotatable bonds is 5. The summed E-state index contributed by atoms with van der Waals surface area (Å²) in [5, 5.41) is 10.8. The second-order valence-corrected chi connectivity index (χ2v) is 6.19. The lowest BCUT2D eigenvalue weighted by Crippen LogP contribution is -2.12. The number of nitrogens with zero attached hydrogens (tertiary/aromatic N) is 4. The zero-order valence-electron chi connectivity index (χ0n) is 14.7. The van der Waals surface area contributed by atoms with Crippen LogP contribution in [0.3, 0.4) is 0 Å². The average molecular weight is 359 g/mol. The molecule has 2 aromatic heterocycles. The molecule has 4 aromatic rings. The Bertz CT molecular complexity index is 1050. The molecule has 0 radical (unpaired) electrons. The molecule has 0 aliphatic heterocycles. The highest BCUT2D eigenvalue weighted by molar-refractivity contribution is 6.03. The van der Waals surface area contributed by atoms with Crippen LogP contribution >= 0.6 is 0 Å². The molecule has 1 N–H and O–H groups in total. The molecule has 0 unspecified atom stereocenters. The van der Waals surface area contributed by atoms with Crippen LogP contribution in [0, 0.1) is 6.92 Å². The largest absolute Gasteiger partial charge is 0.355 e. The van der Waals surface area contributed by atoms with E-state index >= 15 is 0 Å². The second kappa shape index (κ2) is 7.25. The molecule has 0 saturated carbocycles. The van der Waals surface area contributed by atoms with Gasteiger partial charge in [0.1, 0.15) is 12.7 Å². The van der Waals surface area contributed by atoms with Gasteiger partial charge in [-0.25, -0.2) is 9.67 Å². The Morgan fingerprint density at radius 1 is 1.15 bits per heavy atom. The molecular formula is C20H17N5O2. The van der Waals surface area contributed by atoms with E-state index in [9.17, 15) is 4.79 Å². The normalized spacial score (nSPS) is 10.7. The first-order valence-electron chi connectivity index (χ1n) is 8.44. The summed E-state index contributed by atoms with van der Waals surface area (Å²) < 4.78 is 7.03. The Morgan fingerprint density at radius 2 is 2.00 bits per heavy atom. The molecule has 4 rings (SSSR count). The smallest absolute Gasteiger partial charge is 0.277 e. The van der Waals surface area contributed by atoms with Crippen molar-refractivity contribution in [2.45, 2.75) is 13.5 Å². The van der Waals surface area contributed by atoms with Crippen LogP contribution in [0.15, 0.2) is 71.8 Å². The maximum atomic E-state index is 12.5. The van der Waals surface area contributed by atoms with Gasteiger partial charge in [0.15, 0.2) is 11.5 Å². The van der Waals surface area contributed by atoms with Crippen molar-refractivity contribution in [2.24, 2.45) is 0 Å². The summed E-state index contributed by atoms with van der Waals surface area (Å²) in [5.41, 5.74) is 3.94. The van der Waals surface area contributed by atoms with Gasteiger partial charge in [0.2, 0.25) is 0 Å². The van der Waals surface area contributed by atoms with Crippen LogP contribution in [0.4, 0.5) is 5.69 Å². The maximum absolute atomic E-state index is 12.5. The van der Waals surface area contributed by atoms with Crippen molar-refractivity contribution in [2.75, 3.05) is 5.32 Å². The maximum Gasteiger partial charge on any atom is 0.277 e. The first-order valence-corrected chi connectivity index (χ1v) is 8.44. The third kappa shape index (κ3) is 3.92. The van der Waals surface area contributed by atoms with Crippen LogP contribution in [0.5, 0.6) is 0 Å². The molecule has 0 bridgehead atoms. The molecule has 0 saturated heterocycles. The molecule has 7 nitrogen and oxygen atoms in total. The van der Waals surface area contributed by atoms with Gasteiger partial charge in [-0.3, -0.25) is 4.79 Å². The van der Waals surface area contributed by atoms with Crippen molar-refractivity contribution in [1.82, 2.24) is 19.9 Å². The SMILES string of the molecule is Cc1ccc(-c2cc(C(=O)Nc3cccc(Cn4cncn4)c3)no2)cc1. The topological polar surface area (TPSA) is 85.8 Å². The Hall–Kier alpha value is -3.74. The van der Waals surface area contributed by atoms with Gasteiger partial charge in [-0.2, -0.15) is 5.10 Å². The summed E-state index contributed by atoms with van der Waals surface area (Å²) >= 11 is 0. The predicted molar refractivity (Wildman–Crippen MR) is 100 cm³/mol. The van der Waals surface area contributed by atoms with E-state index in [1.807, 2.05) is 55.5 Å². The Balaban J connectivity index is 1.47. The lowest BCUT2D eigenvalue weighted by Gasteiger charge is -2.06. The summed E-state index contributed by atoms with van der Waals surface area (Å²) in [4.78, 5) is 16.4. The van der Waals surface area contributed by atoms with E-state index in [0.717, 1.165) is 16.7 Å². The Morgan fingerprint density at radius 3 is 2.78 bits per heavy atom. The highest BCUT2D eigenvalue weighted by Crippen LogP contribution is 2.21. The van der Waals surface area contributed by atoms with Crippen molar-refractivity contribution >= 4 is 11.6 Å². The van der Waals surface area contributed by atoms with Gasteiger partial charge in [-0.15, -0.1) is 0 Å². The second-order valence-electron chi connectivity index (χ2n) is 6.19. The number of benzene rings is 2. The van der Waals surface area contributed by atoms with Crippen LogP contribution in [-0.2, 0) is 6.54 Å². The molecule has 0 aliphatic carbocycles. The minimum absolute atomic E-state index is 0.229. The van der Waals surface area contributed by atoms with E-state index in [2.05, 4.69) is 20.6 Å². The zero-order valence-corrected chi connectivity index (χ0v) is 14.7. The monoisotopic (exact) mass is 359 g/mol. The number of carbonyl (C=O) groups excluding carboxylic acids is 1.